The fourth-order valence-electron chi connectivity index (χ4n) is 3.98. The van der Waals surface area contributed by atoms with Crippen LogP contribution in [0.25, 0.3) is 0 Å². The molecule has 0 bridgehead atoms. The van der Waals surface area contributed by atoms with Crippen molar-refractivity contribution in [3.63, 3.8) is 0 Å². The molecule has 126 valence electrons. The zero-order chi connectivity index (χ0) is 15.6. The van der Waals surface area contributed by atoms with Crippen LogP contribution < -0.4 is 5.32 Å². The topological polar surface area (TPSA) is 35.5 Å². The number of rotatable bonds is 11. The van der Waals surface area contributed by atoms with Gasteiger partial charge in [0.15, 0.2) is 0 Å². The van der Waals surface area contributed by atoms with E-state index in [4.69, 9.17) is 0 Å². The average Bonchev–Trinajstić information content (AvgIpc) is 2.50. The van der Waals surface area contributed by atoms with E-state index in [0.717, 1.165) is 26.2 Å². The molecule has 1 saturated carbocycles. The summed E-state index contributed by atoms with van der Waals surface area (Å²) in [7, 11) is 0. The Labute approximate surface area is 132 Å². The molecule has 0 aromatic heterocycles. The summed E-state index contributed by atoms with van der Waals surface area (Å²) in [5, 5.41) is 13.1. The van der Waals surface area contributed by atoms with E-state index in [2.05, 4.69) is 31.0 Å². The van der Waals surface area contributed by atoms with Crippen molar-refractivity contribution in [3.05, 3.63) is 0 Å². The molecule has 21 heavy (non-hydrogen) atoms. The minimum absolute atomic E-state index is 0.287. The summed E-state index contributed by atoms with van der Waals surface area (Å²) >= 11 is 0. The Morgan fingerprint density at radius 2 is 1.76 bits per heavy atom. The Morgan fingerprint density at radius 3 is 2.29 bits per heavy atom. The van der Waals surface area contributed by atoms with Crippen LogP contribution in [-0.4, -0.2) is 48.8 Å². The minimum Gasteiger partial charge on any atom is -0.395 e. The van der Waals surface area contributed by atoms with Gasteiger partial charge in [-0.25, -0.2) is 0 Å². The standard InChI is InChI=1S/C18H38N2O/c1-4-12-19-15-18(10-8-7-9-11-18)16-20(13-14-21)17(5-2)6-3/h17,19,21H,4-16H2,1-3H3. The Balaban J connectivity index is 2.70. The molecular weight excluding hydrogens is 260 g/mol. The first-order valence-electron chi connectivity index (χ1n) is 9.27. The third-order valence-electron chi connectivity index (χ3n) is 5.23. The SMILES string of the molecule is CCCNCC1(CN(CCO)C(CC)CC)CCCCC1. The first-order valence-corrected chi connectivity index (χ1v) is 9.27. The van der Waals surface area contributed by atoms with Crippen LogP contribution in [0.3, 0.4) is 0 Å². The van der Waals surface area contributed by atoms with E-state index >= 15 is 0 Å². The molecule has 1 aliphatic carbocycles. The van der Waals surface area contributed by atoms with Gasteiger partial charge in [0.2, 0.25) is 0 Å². The highest BCUT2D eigenvalue weighted by molar-refractivity contribution is 4.89. The maximum absolute atomic E-state index is 9.45. The molecule has 0 unspecified atom stereocenters. The molecule has 0 radical (unpaired) electrons. The molecule has 3 heteroatoms. The van der Waals surface area contributed by atoms with Gasteiger partial charge in [0, 0.05) is 25.7 Å². The second kappa shape index (κ2) is 10.6. The van der Waals surface area contributed by atoms with Crippen molar-refractivity contribution in [3.8, 4) is 0 Å². The number of nitrogens with zero attached hydrogens (tertiary/aromatic N) is 1. The van der Waals surface area contributed by atoms with E-state index in [-0.39, 0.29) is 6.61 Å². The van der Waals surface area contributed by atoms with Gasteiger partial charge in [-0.05, 0) is 44.1 Å². The number of aliphatic hydroxyl groups is 1. The fourth-order valence-corrected chi connectivity index (χ4v) is 3.98. The van der Waals surface area contributed by atoms with Gasteiger partial charge >= 0.3 is 0 Å². The lowest BCUT2D eigenvalue weighted by Crippen LogP contribution is -2.49. The van der Waals surface area contributed by atoms with Gasteiger partial charge in [0.25, 0.3) is 0 Å². The van der Waals surface area contributed by atoms with Gasteiger partial charge < -0.3 is 10.4 Å². The Kier molecular flexibility index (Phi) is 9.54. The third-order valence-corrected chi connectivity index (χ3v) is 5.23. The van der Waals surface area contributed by atoms with Crippen LogP contribution in [0.2, 0.25) is 0 Å². The van der Waals surface area contributed by atoms with E-state index < -0.39 is 0 Å². The van der Waals surface area contributed by atoms with Crippen molar-refractivity contribution in [2.24, 2.45) is 5.41 Å². The summed E-state index contributed by atoms with van der Waals surface area (Å²) in [6.07, 6.45) is 10.5. The van der Waals surface area contributed by atoms with Crippen LogP contribution in [0.1, 0.15) is 72.1 Å². The molecule has 0 atom stereocenters. The summed E-state index contributed by atoms with van der Waals surface area (Å²) < 4.78 is 0. The maximum atomic E-state index is 9.45. The lowest BCUT2D eigenvalue weighted by atomic mass is 9.73. The molecule has 1 fully saturated rings. The minimum atomic E-state index is 0.287. The Hall–Kier alpha value is -0.120. The molecular formula is C18H38N2O. The molecule has 0 spiro atoms. The van der Waals surface area contributed by atoms with Crippen molar-refractivity contribution in [1.82, 2.24) is 10.2 Å². The first kappa shape index (κ1) is 18.9. The molecule has 0 amide bonds. The average molecular weight is 299 g/mol. The van der Waals surface area contributed by atoms with Crippen molar-refractivity contribution in [2.75, 3.05) is 32.8 Å². The second-order valence-corrected chi connectivity index (χ2v) is 6.90. The molecule has 1 aliphatic rings. The summed E-state index contributed by atoms with van der Waals surface area (Å²) in [5.74, 6) is 0. The Morgan fingerprint density at radius 1 is 1.10 bits per heavy atom. The molecule has 0 aromatic rings. The summed E-state index contributed by atoms with van der Waals surface area (Å²) in [6, 6.07) is 0.627. The van der Waals surface area contributed by atoms with Gasteiger partial charge in [-0.3, -0.25) is 4.90 Å². The van der Waals surface area contributed by atoms with Gasteiger partial charge in [-0.1, -0.05) is 40.0 Å². The van der Waals surface area contributed by atoms with Crippen molar-refractivity contribution in [2.45, 2.75) is 78.2 Å². The first-order chi connectivity index (χ1) is 10.2. The summed E-state index contributed by atoms with van der Waals surface area (Å²) in [6.45, 7) is 11.4. The van der Waals surface area contributed by atoms with Crippen LogP contribution in [0, 0.1) is 5.41 Å². The van der Waals surface area contributed by atoms with Crippen LogP contribution in [-0.2, 0) is 0 Å². The van der Waals surface area contributed by atoms with E-state index in [1.165, 1.54) is 51.4 Å². The quantitative estimate of drug-likeness (QED) is 0.574. The fraction of sp³-hybridized carbons (Fsp3) is 1.00. The second-order valence-electron chi connectivity index (χ2n) is 6.90. The smallest absolute Gasteiger partial charge is 0.0558 e. The molecule has 2 N–H and O–H groups in total. The van der Waals surface area contributed by atoms with Gasteiger partial charge in [0.1, 0.15) is 0 Å². The lowest BCUT2D eigenvalue weighted by Gasteiger charge is -2.43. The highest BCUT2D eigenvalue weighted by atomic mass is 16.3. The molecule has 0 aliphatic heterocycles. The largest absolute Gasteiger partial charge is 0.395 e. The van der Waals surface area contributed by atoms with Crippen LogP contribution in [0.5, 0.6) is 0 Å². The summed E-state index contributed by atoms with van der Waals surface area (Å²) in [4.78, 5) is 2.57. The normalized spacial score (nSPS) is 18.6. The van der Waals surface area contributed by atoms with Crippen LogP contribution >= 0.6 is 0 Å². The summed E-state index contributed by atoms with van der Waals surface area (Å²) in [5.41, 5.74) is 0.436. The number of nitrogens with one attached hydrogen (secondary N) is 1. The van der Waals surface area contributed by atoms with E-state index in [1.54, 1.807) is 0 Å². The molecule has 0 heterocycles. The van der Waals surface area contributed by atoms with Crippen molar-refractivity contribution >= 4 is 0 Å². The number of hydrogen-bond acceptors (Lipinski definition) is 3. The lowest BCUT2D eigenvalue weighted by molar-refractivity contribution is 0.0581. The van der Waals surface area contributed by atoms with E-state index in [0.29, 0.717) is 11.5 Å². The highest BCUT2D eigenvalue weighted by Crippen LogP contribution is 2.37. The zero-order valence-electron chi connectivity index (χ0n) is 14.7. The van der Waals surface area contributed by atoms with Gasteiger partial charge in [0.05, 0.1) is 6.61 Å². The van der Waals surface area contributed by atoms with E-state index in [9.17, 15) is 5.11 Å². The predicted molar refractivity (Wildman–Crippen MR) is 91.7 cm³/mol. The molecule has 0 saturated heterocycles. The predicted octanol–water partition coefficient (Wildman–Crippen LogP) is 3.42. The van der Waals surface area contributed by atoms with Crippen LogP contribution in [0.4, 0.5) is 0 Å². The zero-order valence-corrected chi connectivity index (χ0v) is 14.7. The Bertz CT molecular complexity index is 248. The molecule has 3 nitrogen and oxygen atoms in total. The third kappa shape index (κ3) is 6.25. The van der Waals surface area contributed by atoms with Crippen molar-refractivity contribution in [1.29, 1.82) is 0 Å². The maximum Gasteiger partial charge on any atom is 0.0558 e. The van der Waals surface area contributed by atoms with E-state index in [1.807, 2.05) is 0 Å². The van der Waals surface area contributed by atoms with Crippen LogP contribution in [0.15, 0.2) is 0 Å². The van der Waals surface area contributed by atoms with Gasteiger partial charge in [-0.2, -0.15) is 0 Å². The number of aliphatic hydroxyl groups excluding tert-OH is 1. The molecule has 1 rings (SSSR count). The van der Waals surface area contributed by atoms with Crippen molar-refractivity contribution < 1.29 is 5.11 Å². The van der Waals surface area contributed by atoms with Gasteiger partial charge in [-0.15, -0.1) is 0 Å². The molecule has 0 aromatic carbocycles. The highest BCUT2D eigenvalue weighted by Gasteiger charge is 2.34. The number of hydrogen-bond donors (Lipinski definition) is 2. The monoisotopic (exact) mass is 298 g/mol.